The van der Waals surface area contributed by atoms with E-state index in [4.69, 9.17) is 29.0 Å². The molecule has 0 amide bonds. The fraction of sp³-hybridized carbons (Fsp3) is 1.00. The summed E-state index contributed by atoms with van der Waals surface area (Å²) in [5, 5.41) is 0. The zero-order chi connectivity index (χ0) is 10.0. The Morgan fingerprint density at radius 3 is 1.21 bits per heavy atom. The van der Waals surface area contributed by atoms with Gasteiger partial charge in [-0.3, -0.25) is 8.42 Å². The maximum atomic E-state index is 8.52. The van der Waals surface area contributed by atoms with Crippen molar-refractivity contribution in [2.45, 2.75) is 19.3 Å². The van der Waals surface area contributed by atoms with Gasteiger partial charge in [0.05, 0.1) is 0 Å². The molecule has 0 atom stereocenters. The molecule has 0 aromatic rings. The van der Waals surface area contributed by atoms with Gasteiger partial charge in [-0.1, -0.05) is 6.42 Å². The Hall–Kier alpha value is 1.79. The molecule has 0 saturated heterocycles. The monoisotopic (exact) mass is 244 g/mol. The molecule has 0 bridgehead atoms. The van der Waals surface area contributed by atoms with Crippen molar-refractivity contribution in [3.63, 3.8) is 0 Å². The Balaban J connectivity index is -0.0000000651. The van der Waals surface area contributed by atoms with Crippen LogP contribution in [0.4, 0.5) is 0 Å². The van der Waals surface area contributed by atoms with Crippen LogP contribution in [0.25, 0.3) is 0 Å². The number of hydrogen-bond donors (Lipinski definition) is 2. The molecule has 0 aliphatic rings. The van der Waals surface area contributed by atoms with E-state index >= 15 is 0 Å². The molecule has 4 N–H and O–H groups in total. The summed E-state index contributed by atoms with van der Waals surface area (Å²) in [5.74, 6) is 0. The van der Waals surface area contributed by atoms with Crippen molar-refractivity contribution in [1.29, 1.82) is 0 Å². The molecule has 0 aromatic carbocycles. The van der Waals surface area contributed by atoms with E-state index in [-0.39, 0.29) is 59.1 Å². The molecule has 0 aromatic heterocycles. The summed E-state index contributed by atoms with van der Waals surface area (Å²) in [6.45, 7) is 1.61. The average Bonchev–Trinajstić information content (AvgIpc) is 1.85. The summed E-state index contributed by atoms with van der Waals surface area (Å²) in [6.07, 6.45) is 3.43. The largest absolute Gasteiger partial charge is 1.00 e. The van der Waals surface area contributed by atoms with E-state index < -0.39 is 10.4 Å². The van der Waals surface area contributed by atoms with Gasteiger partial charge in [0.2, 0.25) is 0 Å². The third kappa shape index (κ3) is 67.3. The first-order valence-corrected chi connectivity index (χ1v) is 4.82. The second-order valence-electron chi connectivity index (χ2n) is 2.05. The van der Waals surface area contributed by atoms with E-state index in [1.54, 1.807) is 0 Å². The molecular formula is C5H14N2Na2O4S. The van der Waals surface area contributed by atoms with Crippen molar-refractivity contribution in [3.05, 3.63) is 0 Å². The van der Waals surface area contributed by atoms with Gasteiger partial charge in [-0.25, -0.2) is 0 Å². The number of nitrogens with two attached hydrogens (primary N) is 2. The van der Waals surface area contributed by atoms with Gasteiger partial charge in [-0.05, 0) is 25.9 Å². The van der Waals surface area contributed by atoms with Crippen molar-refractivity contribution in [1.82, 2.24) is 0 Å². The van der Waals surface area contributed by atoms with Crippen molar-refractivity contribution in [3.8, 4) is 0 Å². The minimum atomic E-state index is -5.17. The minimum absolute atomic E-state index is 0. The van der Waals surface area contributed by atoms with E-state index in [0.717, 1.165) is 25.9 Å². The first-order valence-electron chi connectivity index (χ1n) is 3.48. The topological polar surface area (TPSA) is 132 Å². The fourth-order valence-electron chi connectivity index (χ4n) is 0.465. The van der Waals surface area contributed by atoms with Crippen LogP contribution < -0.4 is 70.6 Å². The van der Waals surface area contributed by atoms with Gasteiger partial charge in [-0.2, -0.15) is 0 Å². The van der Waals surface area contributed by atoms with Crippen molar-refractivity contribution >= 4 is 10.4 Å². The van der Waals surface area contributed by atoms with Gasteiger partial charge >= 0.3 is 59.1 Å². The van der Waals surface area contributed by atoms with E-state index in [1.807, 2.05) is 0 Å². The molecule has 0 unspecified atom stereocenters. The maximum absolute atomic E-state index is 8.52. The SMILES string of the molecule is NCCCCCN.O=S(=O)([O-])[O-].[Na+].[Na+]. The third-order valence-electron chi connectivity index (χ3n) is 0.908. The summed E-state index contributed by atoms with van der Waals surface area (Å²) >= 11 is 0. The molecule has 9 heteroatoms. The van der Waals surface area contributed by atoms with Crippen LogP contribution in [0.5, 0.6) is 0 Å². The third-order valence-corrected chi connectivity index (χ3v) is 0.908. The van der Waals surface area contributed by atoms with Crippen LogP contribution in [0.2, 0.25) is 0 Å². The van der Waals surface area contributed by atoms with Crippen LogP contribution >= 0.6 is 0 Å². The second-order valence-corrected chi connectivity index (χ2v) is 2.86. The molecule has 0 fully saturated rings. The second kappa shape index (κ2) is 17.2. The van der Waals surface area contributed by atoms with Crippen molar-refractivity contribution < 1.29 is 76.6 Å². The molecule has 0 rings (SSSR count). The van der Waals surface area contributed by atoms with Crippen LogP contribution in [0, 0.1) is 0 Å². The summed E-state index contributed by atoms with van der Waals surface area (Å²) in [4.78, 5) is 0. The smallest absolute Gasteiger partial charge is 0.759 e. The molecule has 76 valence electrons. The summed E-state index contributed by atoms with van der Waals surface area (Å²) in [5.41, 5.74) is 10.5. The molecule has 6 nitrogen and oxygen atoms in total. The molecule has 0 aliphatic heterocycles. The Morgan fingerprint density at radius 2 is 1.07 bits per heavy atom. The van der Waals surface area contributed by atoms with Gasteiger partial charge in [0.25, 0.3) is 0 Å². The van der Waals surface area contributed by atoms with E-state index in [2.05, 4.69) is 0 Å². The maximum Gasteiger partial charge on any atom is 1.00 e. The first kappa shape index (κ1) is 24.8. The number of rotatable bonds is 4. The molecule has 0 spiro atoms. The van der Waals surface area contributed by atoms with Crippen LogP contribution in [0.3, 0.4) is 0 Å². The van der Waals surface area contributed by atoms with Gasteiger partial charge < -0.3 is 20.6 Å². The molecule has 14 heavy (non-hydrogen) atoms. The summed E-state index contributed by atoms with van der Waals surface area (Å²) < 4.78 is 34.1. The average molecular weight is 244 g/mol. The summed E-state index contributed by atoms with van der Waals surface area (Å²) in [7, 11) is -5.17. The standard InChI is InChI=1S/C5H14N2.2Na.H2O4S/c6-4-2-1-3-5-7;;;1-5(2,3)4/h1-7H2;;;(H2,1,2,3,4)/q;2*+1;/p-2. The van der Waals surface area contributed by atoms with Crippen LogP contribution in [-0.2, 0) is 10.4 Å². The molecule has 0 saturated carbocycles. The Kier molecular flexibility index (Phi) is 30.5. The molecule has 0 radical (unpaired) electrons. The normalized spacial score (nSPS) is 8.86. The molecule has 0 heterocycles. The van der Waals surface area contributed by atoms with Crippen molar-refractivity contribution in [2.24, 2.45) is 11.5 Å². The predicted molar refractivity (Wildman–Crippen MR) is 42.4 cm³/mol. The Bertz CT molecular complexity index is 165. The van der Waals surface area contributed by atoms with Crippen LogP contribution in [-0.4, -0.2) is 30.6 Å². The first-order chi connectivity index (χ1) is 5.41. The molecule has 0 aliphatic carbocycles. The molecular weight excluding hydrogens is 230 g/mol. The zero-order valence-electron chi connectivity index (χ0n) is 8.73. The van der Waals surface area contributed by atoms with Crippen LogP contribution in [0.1, 0.15) is 19.3 Å². The van der Waals surface area contributed by atoms with E-state index in [1.165, 1.54) is 6.42 Å². The summed E-state index contributed by atoms with van der Waals surface area (Å²) in [6, 6.07) is 0. The number of hydrogen-bond acceptors (Lipinski definition) is 6. The minimum Gasteiger partial charge on any atom is -0.759 e. The van der Waals surface area contributed by atoms with E-state index in [9.17, 15) is 0 Å². The van der Waals surface area contributed by atoms with Crippen LogP contribution in [0.15, 0.2) is 0 Å². The van der Waals surface area contributed by atoms with E-state index in [0.29, 0.717) is 0 Å². The number of unbranched alkanes of at least 4 members (excludes halogenated alkanes) is 2. The van der Waals surface area contributed by atoms with Gasteiger partial charge in [-0.15, -0.1) is 0 Å². The van der Waals surface area contributed by atoms with Crippen molar-refractivity contribution in [2.75, 3.05) is 13.1 Å². The van der Waals surface area contributed by atoms with Gasteiger partial charge in [0, 0.05) is 10.4 Å². The zero-order valence-corrected chi connectivity index (χ0v) is 13.5. The Morgan fingerprint density at radius 1 is 0.857 bits per heavy atom. The Labute approximate surface area is 129 Å². The predicted octanol–water partition coefficient (Wildman–Crippen LogP) is -7.26. The van der Waals surface area contributed by atoms with Gasteiger partial charge in [0.1, 0.15) is 0 Å². The quantitative estimate of drug-likeness (QED) is 0.218. The fourth-order valence-corrected chi connectivity index (χ4v) is 0.465. The van der Waals surface area contributed by atoms with Gasteiger partial charge in [0.15, 0.2) is 0 Å².